The molecule has 0 radical (unpaired) electrons. The highest BCUT2D eigenvalue weighted by atomic mass is 35.5. The SMILES string of the molecule is Cc1cccc(NC(=O)C=Cc2ccc(Cl)cc2)c1. The number of hydrogen-bond acceptors (Lipinski definition) is 1. The molecule has 1 N–H and O–H groups in total. The molecule has 3 heteroatoms. The van der Waals surface area contributed by atoms with Crippen LogP contribution in [0.3, 0.4) is 0 Å². The van der Waals surface area contributed by atoms with Gasteiger partial charge in [0.2, 0.25) is 5.91 Å². The standard InChI is InChI=1S/C16H14ClNO/c1-12-3-2-4-15(11-12)18-16(19)10-7-13-5-8-14(17)9-6-13/h2-11H,1H3,(H,18,19). The van der Waals surface area contributed by atoms with Gasteiger partial charge in [-0.2, -0.15) is 0 Å². The normalized spacial score (nSPS) is 10.6. The summed E-state index contributed by atoms with van der Waals surface area (Å²) in [6.07, 6.45) is 3.26. The van der Waals surface area contributed by atoms with E-state index in [1.807, 2.05) is 43.3 Å². The summed E-state index contributed by atoms with van der Waals surface area (Å²) < 4.78 is 0. The van der Waals surface area contributed by atoms with E-state index in [-0.39, 0.29) is 5.91 Å². The van der Waals surface area contributed by atoms with Crippen molar-refractivity contribution >= 4 is 29.3 Å². The van der Waals surface area contributed by atoms with Crippen LogP contribution in [0.4, 0.5) is 5.69 Å². The molecule has 0 fully saturated rings. The zero-order valence-corrected chi connectivity index (χ0v) is 11.3. The van der Waals surface area contributed by atoms with Gasteiger partial charge in [-0.05, 0) is 48.4 Å². The van der Waals surface area contributed by atoms with Crippen LogP contribution < -0.4 is 5.32 Å². The van der Waals surface area contributed by atoms with Gasteiger partial charge in [-0.15, -0.1) is 0 Å². The molecule has 1 amide bonds. The average molecular weight is 272 g/mol. The molecule has 96 valence electrons. The Morgan fingerprint density at radius 1 is 1.16 bits per heavy atom. The third kappa shape index (κ3) is 4.27. The summed E-state index contributed by atoms with van der Waals surface area (Å²) in [5, 5.41) is 3.49. The van der Waals surface area contributed by atoms with Crippen LogP contribution in [0.1, 0.15) is 11.1 Å². The first-order valence-corrected chi connectivity index (χ1v) is 6.32. The lowest BCUT2D eigenvalue weighted by atomic mass is 10.2. The van der Waals surface area contributed by atoms with Gasteiger partial charge < -0.3 is 5.32 Å². The lowest BCUT2D eigenvalue weighted by Crippen LogP contribution is -2.07. The number of rotatable bonds is 3. The van der Waals surface area contributed by atoms with E-state index in [1.165, 1.54) is 6.08 Å². The molecular formula is C16H14ClNO. The molecule has 2 aromatic rings. The Hall–Kier alpha value is -2.06. The number of carbonyl (C=O) groups excluding carboxylic acids is 1. The predicted molar refractivity (Wildman–Crippen MR) is 80.3 cm³/mol. The van der Waals surface area contributed by atoms with Crippen LogP contribution in [-0.2, 0) is 4.79 Å². The summed E-state index contributed by atoms with van der Waals surface area (Å²) >= 11 is 5.79. The fraction of sp³-hybridized carbons (Fsp3) is 0.0625. The summed E-state index contributed by atoms with van der Waals surface area (Å²) in [5.74, 6) is -0.152. The molecule has 0 bridgehead atoms. The molecular weight excluding hydrogens is 258 g/mol. The highest BCUT2D eigenvalue weighted by molar-refractivity contribution is 6.30. The average Bonchev–Trinajstić information content (AvgIpc) is 2.38. The molecule has 0 saturated carbocycles. The van der Waals surface area contributed by atoms with Crippen LogP contribution in [0.2, 0.25) is 5.02 Å². The molecule has 0 aliphatic carbocycles. The maximum absolute atomic E-state index is 11.7. The fourth-order valence-electron chi connectivity index (χ4n) is 1.65. The Morgan fingerprint density at radius 3 is 2.58 bits per heavy atom. The number of hydrogen-bond donors (Lipinski definition) is 1. The molecule has 0 atom stereocenters. The van der Waals surface area contributed by atoms with Crippen molar-refractivity contribution in [2.24, 2.45) is 0 Å². The van der Waals surface area contributed by atoms with Gasteiger partial charge in [-0.1, -0.05) is 35.9 Å². The summed E-state index contributed by atoms with van der Waals surface area (Å²) in [7, 11) is 0. The number of aryl methyl sites for hydroxylation is 1. The van der Waals surface area contributed by atoms with E-state index >= 15 is 0 Å². The third-order valence-corrected chi connectivity index (χ3v) is 2.83. The molecule has 2 rings (SSSR count). The number of anilines is 1. The highest BCUT2D eigenvalue weighted by Crippen LogP contribution is 2.12. The molecule has 0 unspecified atom stereocenters. The van der Waals surface area contributed by atoms with E-state index in [9.17, 15) is 4.79 Å². The fourth-order valence-corrected chi connectivity index (χ4v) is 1.78. The number of carbonyl (C=O) groups is 1. The van der Waals surface area contributed by atoms with E-state index in [1.54, 1.807) is 18.2 Å². The van der Waals surface area contributed by atoms with Crippen LogP contribution in [0.5, 0.6) is 0 Å². The first-order valence-electron chi connectivity index (χ1n) is 5.95. The molecule has 0 aliphatic heterocycles. The second kappa shape index (κ2) is 6.21. The molecule has 2 nitrogen and oxygen atoms in total. The van der Waals surface area contributed by atoms with Crippen LogP contribution in [-0.4, -0.2) is 5.91 Å². The topological polar surface area (TPSA) is 29.1 Å². The largest absolute Gasteiger partial charge is 0.323 e. The number of amides is 1. The van der Waals surface area contributed by atoms with Crippen molar-refractivity contribution in [3.8, 4) is 0 Å². The lowest BCUT2D eigenvalue weighted by Gasteiger charge is -2.02. The molecule has 0 aliphatic rings. The maximum Gasteiger partial charge on any atom is 0.248 e. The first-order chi connectivity index (χ1) is 9.13. The Labute approximate surface area is 117 Å². The number of halogens is 1. The van der Waals surface area contributed by atoms with Gasteiger partial charge in [0, 0.05) is 16.8 Å². The monoisotopic (exact) mass is 271 g/mol. The third-order valence-electron chi connectivity index (χ3n) is 2.58. The molecule has 2 aromatic carbocycles. The van der Waals surface area contributed by atoms with Crippen molar-refractivity contribution in [1.82, 2.24) is 0 Å². The first kappa shape index (κ1) is 13.4. The second-order valence-electron chi connectivity index (χ2n) is 4.24. The van der Waals surface area contributed by atoms with Crippen molar-refractivity contribution in [1.29, 1.82) is 0 Å². The van der Waals surface area contributed by atoms with Crippen molar-refractivity contribution in [2.45, 2.75) is 6.92 Å². The second-order valence-corrected chi connectivity index (χ2v) is 4.68. The minimum atomic E-state index is -0.152. The minimum Gasteiger partial charge on any atom is -0.323 e. The molecule has 0 spiro atoms. The van der Waals surface area contributed by atoms with Gasteiger partial charge in [0.1, 0.15) is 0 Å². The quantitative estimate of drug-likeness (QED) is 0.829. The van der Waals surface area contributed by atoms with Crippen LogP contribution >= 0.6 is 11.6 Å². The van der Waals surface area contributed by atoms with Crippen LogP contribution in [0.25, 0.3) is 6.08 Å². The van der Waals surface area contributed by atoms with Gasteiger partial charge in [-0.3, -0.25) is 4.79 Å². The zero-order valence-electron chi connectivity index (χ0n) is 10.6. The van der Waals surface area contributed by atoms with Crippen molar-refractivity contribution in [3.63, 3.8) is 0 Å². The van der Waals surface area contributed by atoms with Crippen LogP contribution in [0, 0.1) is 6.92 Å². The van der Waals surface area contributed by atoms with Crippen molar-refractivity contribution < 1.29 is 4.79 Å². The van der Waals surface area contributed by atoms with Crippen molar-refractivity contribution in [3.05, 3.63) is 70.8 Å². The Bertz CT molecular complexity index is 602. The number of benzene rings is 2. The Balaban J connectivity index is 1.99. The highest BCUT2D eigenvalue weighted by Gasteiger charge is 1.97. The van der Waals surface area contributed by atoms with E-state index in [2.05, 4.69) is 5.32 Å². The lowest BCUT2D eigenvalue weighted by molar-refractivity contribution is -0.111. The van der Waals surface area contributed by atoms with E-state index < -0.39 is 0 Å². The summed E-state index contributed by atoms with van der Waals surface area (Å²) in [5.41, 5.74) is 2.84. The van der Waals surface area contributed by atoms with Gasteiger partial charge in [0.05, 0.1) is 0 Å². The van der Waals surface area contributed by atoms with E-state index in [0.717, 1.165) is 16.8 Å². The molecule has 0 heterocycles. The van der Waals surface area contributed by atoms with Gasteiger partial charge in [0.25, 0.3) is 0 Å². The Morgan fingerprint density at radius 2 is 1.89 bits per heavy atom. The van der Waals surface area contributed by atoms with Gasteiger partial charge in [-0.25, -0.2) is 0 Å². The molecule has 0 saturated heterocycles. The van der Waals surface area contributed by atoms with E-state index in [4.69, 9.17) is 11.6 Å². The molecule has 0 aromatic heterocycles. The summed E-state index contributed by atoms with van der Waals surface area (Å²) in [6, 6.07) is 15.0. The minimum absolute atomic E-state index is 0.152. The summed E-state index contributed by atoms with van der Waals surface area (Å²) in [6.45, 7) is 1.99. The van der Waals surface area contributed by atoms with Gasteiger partial charge in [0.15, 0.2) is 0 Å². The van der Waals surface area contributed by atoms with E-state index in [0.29, 0.717) is 5.02 Å². The predicted octanol–water partition coefficient (Wildman–Crippen LogP) is 4.30. The van der Waals surface area contributed by atoms with Gasteiger partial charge >= 0.3 is 0 Å². The molecule has 19 heavy (non-hydrogen) atoms. The maximum atomic E-state index is 11.7. The summed E-state index contributed by atoms with van der Waals surface area (Å²) in [4.78, 5) is 11.7. The number of nitrogens with one attached hydrogen (secondary N) is 1. The smallest absolute Gasteiger partial charge is 0.248 e. The van der Waals surface area contributed by atoms with Crippen molar-refractivity contribution in [2.75, 3.05) is 5.32 Å². The zero-order chi connectivity index (χ0) is 13.7. The Kier molecular flexibility index (Phi) is 4.37. The van der Waals surface area contributed by atoms with Crippen LogP contribution in [0.15, 0.2) is 54.6 Å².